The maximum atomic E-state index is 13.1. The number of benzene rings is 2. The molecule has 1 heterocycles. The fourth-order valence-electron chi connectivity index (χ4n) is 4.66. The fraction of sp³-hybridized carbons (Fsp3) is 0.357. The first-order valence-corrected chi connectivity index (χ1v) is 11.9. The number of hydrogen-bond donors (Lipinski definition) is 1. The number of aromatic nitrogens is 1. The lowest BCUT2D eigenvalue weighted by atomic mass is 10.1. The van der Waals surface area contributed by atoms with E-state index in [1.165, 1.54) is 25.7 Å². The van der Waals surface area contributed by atoms with Crippen LogP contribution in [0.3, 0.4) is 0 Å². The molecule has 1 aliphatic carbocycles. The molecule has 0 unspecified atom stereocenters. The van der Waals surface area contributed by atoms with Crippen LogP contribution in [0.25, 0.3) is 16.9 Å². The van der Waals surface area contributed by atoms with E-state index in [0.29, 0.717) is 17.7 Å². The van der Waals surface area contributed by atoms with E-state index in [9.17, 15) is 9.59 Å². The summed E-state index contributed by atoms with van der Waals surface area (Å²) in [5.74, 6) is -0.381. The van der Waals surface area contributed by atoms with Crippen LogP contribution in [0.1, 0.15) is 71.9 Å². The summed E-state index contributed by atoms with van der Waals surface area (Å²) in [5.41, 5.74) is 4.66. The summed E-state index contributed by atoms with van der Waals surface area (Å²) >= 11 is 0. The van der Waals surface area contributed by atoms with Crippen LogP contribution in [0.4, 0.5) is 0 Å². The maximum Gasteiger partial charge on any atom is 0.339 e. The van der Waals surface area contributed by atoms with Gasteiger partial charge in [-0.3, -0.25) is 4.79 Å². The van der Waals surface area contributed by atoms with Crippen molar-refractivity contribution >= 4 is 11.9 Å². The lowest BCUT2D eigenvalue weighted by molar-refractivity contribution is 0.0525. The first kappa shape index (κ1) is 22.8. The van der Waals surface area contributed by atoms with Gasteiger partial charge in [0.1, 0.15) is 0 Å². The van der Waals surface area contributed by atoms with Crippen LogP contribution in [-0.4, -0.2) is 29.1 Å². The van der Waals surface area contributed by atoms with Crippen LogP contribution in [0.5, 0.6) is 0 Å². The second kappa shape index (κ2) is 10.5. The molecular formula is C28H32N2O3. The molecule has 1 aromatic heterocycles. The Labute approximate surface area is 195 Å². The molecule has 5 nitrogen and oxygen atoms in total. The molecule has 0 bridgehead atoms. The van der Waals surface area contributed by atoms with E-state index in [1.807, 2.05) is 72.2 Å². The lowest BCUT2D eigenvalue weighted by Crippen LogP contribution is -2.34. The molecule has 0 radical (unpaired) electrons. The van der Waals surface area contributed by atoms with Gasteiger partial charge in [0.05, 0.1) is 17.9 Å². The number of nitrogens with one attached hydrogen (secondary N) is 1. The van der Waals surface area contributed by atoms with Crippen LogP contribution in [0, 0.1) is 6.92 Å². The van der Waals surface area contributed by atoms with Crippen LogP contribution in [0.2, 0.25) is 0 Å². The van der Waals surface area contributed by atoms with E-state index in [0.717, 1.165) is 35.5 Å². The third kappa shape index (κ3) is 5.19. The van der Waals surface area contributed by atoms with Gasteiger partial charge in [0.15, 0.2) is 0 Å². The van der Waals surface area contributed by atoms with Gasteiger partial charge in [-0.1, -0.05) is 62.1 Å². The zero-order chi connectivity index (χ0) is 23.2. The minimum atomic E-state index is -0.340. The Hall–Kier alpha value is -3.34. The van der Waals surface area contributed by atoms with Gasteiger partial charge in [-0.2, -0.15) is 0 Å². The Balaban J connectivity index is 1.71. The number of esters is 1. The highest BCUT2D eigenvalue weighted by Crippen LogP contribution is 2.30. The molecule has 33 heavy (non-hydrogen) atoms. The van der Waals surface area contributed by atoms with Crippen molar-refractivity contribution in [3.8, 4) is 16.9 Å². The van der Waals surface area contributed by atoms with Crippen LogP contribution >= 0.6 is 0 Å². The Morgan fingerprint density at radius 1 is 0.970 bits per heavy atom. The van der Waals surface area contributed by atoms with Crippen molar-refractivity contribution in [2.75, 3.05) is 6.61 Å². The molecule has 0 spiro atoms. The van der Waals surface area contributed by atoms with Gasteiger partial charge in [0.25, 0.3) is 5.91 Å². The summed E-state index contributed by atoms with van der Waals surface area (Å²) in [6.45, 7) is 4.04. The topological polar surface area (TPSA) is 60.3 Å². The zero-order valence-corrected chi connectivity index (χ0v) is 19.5. The second-order valence-electron chi connectivity index (χ2n) is 8.66. The van der Waals surface area contributed by atoms with Crippen molar-refractivity contribution in [3.05, 3.63) is 77.5 Å². The fourth-order valence-corrected chi connectivity index (χ4v) is 4.66. The molecule has 5 heteroatoms. The summed E-state index contributed by atoms with van der Waals surface area (Å²) in [6, 6.07) is 19.7. The minimum absolute atomic E-state index is 0.0413. The molecule has 3 aromatic rings. The molecule has 0 atom stereocenters. The third-order valence-electron chi connectivity index (χ3n) is 6.37. The number of rotatable bonds is 6. The molecule has 1 aliphatic rings. The molecular weight excluding hydrogens is 412 g/mol. The van der Waals surface area contributed by atoms with Crippen molar-refractivity contribution in [3.63, 3.8) is 0 Å². The molecule has 2 aromatic carbocycles. The second-order valence-corrected chi connectivity index (χ2v) is 8.66. The largest absolute Gasteiger partial charge is 0.462 e. The predicted molar refractivity (Wildman–Crippen MR) is 131 cm³/mol. The Kier molecular flexibility index (Phi) is 7.28. The number of carbonyl (C=O) groups is 2. The molecule has 0 saturated heterocycles. The molecule has 0 aliphatic heterocycles. The molecule has 1 fully saturated rings. The van der Waals surface area contributed by atoms with Crippen LogP contribution in [0.15, 0.2) is 60.7 Å². The van der Waals surface area contributed by atoms with Gasteiger partial charge in [0.2, 0.25) is 0 Å². The molecule has 172 valence electrons. The molecule has 1 N–H and O–H groups in total. The lowest BCUT2D eigenvalue weighted by Gasteiger charge is -2.17. The molecule has 1 saturated carbocycles. The smallest absolute Gasteiger partial charge is 0.339 e. The predicted octanol–water partition coefficient (Wildman–Crippen LogP) is 6.08. The average Bonchev–Trinajstić information content (AvgIpc) is 2.99. The summed E-state index contributed by atoms with van der Waals surface area (Å²) in [7, 11) is 0. The quantitative estimate of drug-likeness (QED) is 0.370. The van der Waals surface area contributed by atoms with Crippen molar-refractivity contribution in [2.45, 2.75) is 58.4 Å². The van der Waals surface area contributed by atoms with E-state index in [1.54, 1.807) is 6.92 Å². The first-order valence-electron chi connectivity index (χ1n) is 11.9. The average molecular weight is 445 g/mol. The summed E-state index contributed by atoms with van der Waals surface area (Å²) in [4.78, 5) is 25.7. The van der Waals surface area contributed by atoms with E-state index < -0.39 is 0 Å². The maximum absolute atomic E-state index is 13.1. The third-order valence-corrected chi connectivity index (χ3v) is 6.37. The molecule has 1 amide bonds. The van der Waals surface area contributed by atoms with Gasteiger partial charge in [0, 0.05) is 23.0 Å². The van der Waals surface area contributed by atoms with Crippen LogP contribution < -0.4 is 5.32 Å². The standard InChI is InChI=1S/C28H32N2O3/c1-3-33-28(32)25-19-26(21-12-7-6-8-13-21)30(20(25)2)24-17-11-14-22(18-24)27(31)29-23-15-9-4-5-10-16-23/h6-8,11-14,17-19,23H,3-5,9-10,15-16H2,1-2H3,(H,29,31). The normalized spacial score (nSPS) is 14.5. The zero-order valence-electron chi connectivity index (χ0n) is 19.5. The highest BCUT2D eigenvalue weighted by Gasteiger charge is 2.21. The van der Waals surface area contributed by atoms with Crippen LogP contribution in [-0.2, 0) is 4.74 Å². The Bertz CT molecular complexity index is 1110. The van der Waals surface area contributed by atoms with E-state index >= 15 is 0 Å². The highest BCUT2D eigenvalue weighted by molar-refractivity contribution is 5.95. The van der Waals surface area contributed by atoms with Gasteiger partial charge in [-0.05, 0) is 56.5 Å². The summed E-state index contributed by atoms with van der Waals surface area (Å²) in [5, 5.41) is 3.23. The minimum Gasteiger partial charge on any atom is -0.462 e. The van der Waals surface area contributed by atoms with Crippen molar-refractivity contribution in [1.82, 2.24) is 9.88 Å². The highest BCUT2D eigenvalue weighted by atomic mass is 16.5. The number of hydrogen-bond acceptors (Lipinski definition) is 3. The molecule has 4 rings (SSSR count). The number of amides is 1. The van der Waals surface area contributed by atoms with Gasteiger partial charge >= 0.3 is 5.97 Å². The van der Waals surface area contributed by atoms with Crippen molar-refractivity contribution in [1.29, 1.82) is 0 Å². The van der Waals surface area contributed by atoms with Gasteiger partial charge < -0.3 is 14.6 Å². The Morgan fingerprint density at radius 2 is 1.70 bits per heavy atom. The van der Waals surface area contributed by atoms with Gasteiger partial charge in [-0.25, -0.2) is 4.79 Å². The monoisotopic (exact) mass is 444 g/mol. The van der Waals surface area contributed by atoms with Crippen molar-refractivity contribution in [2.24, 2.45) is 0 Å². The number of ether oxygens (including phenoxy) is 1. The first-order chi connectivity index (χ1) is 16.1. The number of carbonyl (C=O) groups excluding carboxylic acids is 2. The summed E-state index contributed by atoms with van der Waals surface area (Å²) < 4.78 is 7.32. The van der Waals surface area contributed by atoms with E-state index in [4.69, 9.17) is 4.74 Å². The van der Waals surface area contributed by atoms with E-state index in [-0.39, 0.29) is 17.9 Å². The Morgan fingerprint density at radius 3 is 2.39 bits per heavy atom. The SMILES string of the molecule is CCOC(=O)c1cc(-c2ccccc2)n(-c2cccc(C(=O)NC3CCCCCC3)c2)c1C. The van der Waals surface area contributed by atoms with Gasteiger partial charge in [-0.15, -0.1) is 0 Å². The van der Waals surface area contributed by atoms with E-state index in [2.05, 4.69) is 5.32 Å². The van der Waals surface area contributed by atoms with Crippen molar-refractivity contribution < 1.29 is 14.3 Å². The summed E-state index contributed by atoms with van der Waals surface area (Å²) in [6.07, 6.45) is 6.93. The number of nitrogens with zero attached hydrogens (tertiary/aromatic N) is 1.